The molecule has 1 amide bonds. The molecule has 0 spiro atoms. The van der Waals surface area contributed by atoms with Crippen molar-refractivity contribution in [2.45, 2.75) is 19.9 Å². The van der Waals surface area contributed by atoms with Gasteiger partial charge in [-0.25, -0.2) is 4.98 Å². The monoisotopic (exact) mass is 347 g/mol. The molecule has 0 saturated carbocycles. The highest BCUT2D eigenvalue weighted by molar-refractivity contribution is 9.10. The lowest BCUT2D eigenvalue weighted by atomic mass is 10.2. The predicted molar refractivity (Wildman–Crippen MR) is 88.3 cm³/mol. The highest BCUT2D eigenvalue weighted by atomic mass is 79.9. The number of carbonyl (C=O) groups is 1. The lowest BCUT2D eigenvalue weighted by molar-refractivity contribution is 0.0946. The number of aromatic nitrogens is 1. The minimum atomic E-state index is -0.169. The second kappa shape index (κ2) is 7.78. The average molecular weight is 348 g/mol. The summed E-state index contributed by atoms with van der Waals surface area (Å²) in [6.07, 6.45) is 2.73. The molecule has 0 saturated heterocycles. The molecule has 5 heteroatoms. The number of carbonyl (C=O) groups excluding carboxylic acids is 1. The summed E-state index contributed by atoms with van der Waals surface area (Å²) in [6, 6.07) is 11.4. The first-order valence-electron chi connectivity index (χ1n) is 6.91. The number of amides is 1. The maximum absolute atomic E-state index is 12.0. The summed E-state index contributed by atoms with van der Waals surface area (Å²) in [6.45, 7) is 3.48. The van der Waals surface area contributed by atoms with Crippen LogP contribution in [0.15, 0.2) is 47.1 Å². The molecule has 4 nitrogen and oxygen atoms in total. The van der Waals surface area contributed by atoms with E-state index in [-0.39, 0.29) is 5.91 Å². The Labute approximate surface area is 133 Å². The summed E-state index contributed by atoms with van der Waals surface area (Å²) < 4.78 is 0.999. The molecule has 0 atom stereocenters. The number of nitrogens with one attached hydrogen (secondary N) is 2. The number of nitrogens with zero attached hydrogens (tertiary/aromatic N) is 1. The van der Waals surface area contributed by atoms with Gasteiger partial charge < -0.3 is 10.6 Å². The second-order valence-electron chi connectivity index (χ2n) is 4.67. The van der Waals surface area contributed by atoms with Crippen molar-refractivity contribution in [3.63, 3.8) is 0 Å². The van der Waals surface area contributed by atoms with Gasteiger partial charge in [-0.1, -0.05) is 35.0 Å². The Morgan fingerprint density at radius 2 is 2.14 bits per heavy atom. The van der Waals surface area contributed by atoms with Crippen LogP contribution in [0.3, 0.4) is 0 Å². The summed E-state index contributed by atoms with van der Waals surface area (Å²) in [7, 11) is 0. The Morgan fingerprint density at radius 3 is 2.81 bits per heavy atom. The van der Waals surface area contributed by atoms with Crippen molar-refractivity contribution in [1.82, 2.24) is 10.3 Å². The summed E-state index contributed by atoms with van der Waals surface area (Å²) in [5, 5.41) is 6.09. The van der Waals surface area contributed by atoms with Gasteiger partial charge in [0.25, 0.3) is 5.91 Å². The van der Waals surface area contributed by atoms with Crippen molar-refractivity contribution in [3.8, 4) is 0 Å². The Balaban J connectivity index is 1.91. The molecule has 0 aliphatic heterocycles. The number of halogens is 1. The van der Waals surface area contributed by atoms with Crippen LogP contribution >= 0.6 is 15.9 Å². The average Bonchev–Trinajstić information content (AvgIpc) is 2.51. The van der Waals surface area contributed by atoms with Crippen LogP contribution in [0.5, 0.6) is 0 Å². The van der Waals surface area contributed by atoms with Crippen LogP contribution in [0.1, 0.15) is 29.4 Å². The number of anilines is 1. The zero-order valence-corrected chi connectivity index (χ0v) is 13.5. The standard InChI is InChI=1S/C16H18BrN3O/c1-2-8-18-14-6-7-15(19-11-14)16(21)20-10-12-4-3-5-13(17)9-12/h3-7,9,11,18H,2,8,10H2,1H3,(H,20,21). The first kappa shape index (κ1) is 15.5. The second-order valence-corrected chi connectivity index (χ2v) is 5.59. The molecule has 1 heterocycles. The molecule has 110 valence electrons. The van der Waals surface area contributed by atoms with E-state index in [9.17, 15) is 4.79 Å². The molecular weight excluding hydrogens is 330 g/mol. The van der Waals surface area contributed by atoms with Crippen LogP contribution in [0.2, 0.25) is 0 Å². The number of benzene rings is 1. The molecule has 0 aliphatic rings. The van der Waals surface area contributed by atoms with Crippen molar-refractivity contribution < 1.29 is 4.79 Å². The molecule has 0 bridgehead atoms. The molecule has 0 radical (unpaired) electrons. The highest BCUT2D eigenvalue weighted by Gasteiger charge is 2.06. The van der Waals surface area contributed by atoms with E-state index in [0.717, 1.165) is 28.7 Å². The van der Waals surface area contributed by atoms with Crippen molar-refractivity contribution in [2.75, 3.05) is 11.9 Å². The van der Waals surface area contributed by atoms with Crippen LogP contribution in [-0.2, 0) is 6.54 Å². The van der Waals surface area contributed by atoms with Gasteiger partial charge in [0.05, 0.1) is 11.9 Å². The van der Waals surface area contributed by atoms with Crippen molar-refractivity contribution in [2.24, 2.45) is 0 Å². The first-order valence-corrected chi connectivity index (χ1v) is 7.71. The van der Waals surface area contributed by atoms with E-state index in [1.54, 1.807) is 12.3 Å². The van der Waals surface area contributed by atoms with E-state index in [4.69, 9.17) is 0 Å². The first-order chi connectivity index (χ1) is 10.2. The van der Waals surface area contributed by atoms with Crippen molar-refractivity contribution >= 4 is 27.5 Å². The number of pyridine rings is 1. The SMILES string of the molecule is CCCNc1ccc(C(=O)NCc2cccc(Br)c2)nc1. The summed E-state index contributed by atoms with van der Waals surface area (Å²) in [5.74, 6) is -0.169. The largest absolute Gasteiger partial charge is 0.384 e. The van der Waals surface area contributed by atoms with E-state index in [1.165, 1.54) is 0 Å². The van der Waals surface area contributed by atoms with E-state index >= 15 is 0 Å². The highest BCUT2D eigenvalue weighted by Crippen LogP contribution is 2.11. The molecule has 2 rings (SSSR count). The lowest BCUT2D eigenvalue weighted by Crippen LogP contribution is -2.23. The maximum Gasteiger partial charge on any atom is 0.270 e. The van der Waals surface area contributed by atoms with Gasteiger partial charge in [0.15, 0.2) is 0 Å². The van der Waals surface area contributed by atoms with Crippen LogP contribution in [-0.4, -0.2) is 17.4 Å². The fraction of sp³-hybridized carbons (Fsp3) is 0.250. The summed E-state index contributed by atoms with van der Waals surface area (Å²) >= 11 is 3.41. The smallest absolute Gasteiger partial charge is 0.270 e. The fourth-order valence-electron chi connectivity index (χ4n) is 1.82. The molecule has 2 aromatic rings. The van der Waals surface area contributed by atoms with Crippen LogP contribution in [0.25, 0.3) is 0 Å². The van der Waals surface area contributed by atoms with Crippen molar-refractivity contribution in [3.05, 3.63) is 58.3 Å². The van der Waals surface area contributed by atoms with Gasteiger partial charge in [-0.15, -0.1) is 0 Å². The van der Waals surface area contributed by atoms with E-state index in [1.807, 2.05) is 30.3 Å². The lowest BCUT2D eigenvalue weighted by Gasteiger charge is -2.07. The third kappa shape index (κ3) is 4.86. The normalized spacial score (nSPS) is 10.2. The Kier molecular flexibility index (Phi) is 5.75. The zero-order valence-electron chi connectivity index (χ0n) is 11.9. The minimum Gasteiger partial charge on any atom is -0.384 e. The third-order valence-corrected chi connectivity index (χ3v) is 3.41. The minimum absolute atomic E-state index is 0.169. The topological polar surface area (TPSA) is 54.0 Å². The number of hydrogen-bond acceptors (Lipinski definition) is 3. The molecular formula is C16H18BrN3O. The Morgan fingerprint density at radius 1 is 1.29 bits per heavy atom. The van der Waals surface area contributed by atoms with E-state index in [0.29, 0.717) is 12.2 Å². The van der Waals surface area contributed by atoms with Crippen molar-refractivity contribution in [1.29, 1.82) is 0 Å². The summed E-state index contributed by atoms with van der Waals surface area (Å²) in [4.78, 5) is 16.2. The van der Waals surface area contributed by atoms with Gasteiger partial charge in [0.2, 0.25) is 0 Å². The maximum atomic E-state index is 12.0. The van der Waals surface area contributed by atoms with E-state index in [2.05, 4.69) is 38.5 Å². The quantitative estimate of drug-likeness (QED) is 0.839. The Bertz CT molecular complexity index is 599. The molecule has 0 unspecified atom stereocenters. The van der Waals surface area contributed by atoms with Gasteiger partial charge in [0, 0.05) is 17.6 Å². The van der Waals surface area contributed by atoms with Crippen LogP contribution < -0.4 is 10.6 Å². The summed E-state index contributed by atoms with van der Waals surface area (Å²) in [5.41, 5.74) is 2.39. The molecule has 2 N–H and O–H groups in total. The van der Waals surface area contributed by atoms with E-state index < -0.39 is 0 Å². The van der Waals surface area contributed by atoms with Crippen LogP contribution in [0.4, 0.5) is 5.69 Å². The van der Waals surface area contributed by atoms with Gasteiger partial charge in [-0.2, -0.15) is 0 Å². The number of hydrogen-bond donors (Lipinski definition) is 2. The molecule has 0 fully saturated rings. The predicted octanol–water partition coefficient (Wildman–Crippen LogP) is 3.60. The molecule has 21 heavy (non-hydrogen) atoms. The molecule has 1 aromatic heterocycles. The van der Waals surface area contributed by atoms with Gasteiger partial charge in [-0.3, -0.25) is 4.79 Å². The number of rotatable bonds is 6. The third-order valence-electron chi connectivity index (χ3n) is 2.92. The zero-order chi connectivity index (χ0) is 15.1. The molecule has 0 aliphatic carbocycles. The van der Waals surface area contributed by atoms with Gasteiger partial charge >= 0.3 is 0 Å². The fourth-order valence-corrected chi connectivity index (χ4v) is 2.27. The van der Waals surface area contributed by atoms with Gasteiger partial charge in [0.1, 0.15) is 5.69 Å². The molecule has 1 aromatic carbocycles. The van der Waals surface area contributed by atoms with Gasteiger partial charge in [-0.05, 0) is 36.2 Å². The van der Waals surface area contributed by atoms with Crippen LogP contribution in [0, 0.1) is 0 Å². The Hall–Kier alpha value is -1.88.